The quantitative estimate of drug-likeness (QED) is 0.414. The van der Waals surface area contributed by atoms with Gasteiger partial charge in [-0.2, -0.15) is 0 Å². The number of methoxy groups -OCH3 is 3. The van der Waals surface area contributed by atoms with E-state index < -0.39 is 0 Å². The van der Waals surface area contributed by atoms with Gasteiger partial charge in [0, 0.05) is 19.8 Å². The lowest BCUT2D eigenvalue weighted by molar-refractivity contribution is 0.0484. The van der Waals surface area contributed by atoms with E-state index in [0.29, 0.717) is 12.4 Å². The van der Waals surface area contributed by atoms with Gasteiger partial charge in [0.2, 0.25) is 0 Å². The predicted molar refractivity (Wildman–Crippen MR) is 102 cm³/mol. The van der Waals surface area contributed by atoms with Crippen molar-refractivity contribution >= 4 is 0 Å². The highest BCUT2D eigenvalue weighted by Crippen LogP contribution is 2.34. The Bertz CT molecular complexity index is 584. The number of ether oxygens (including phenoxy) is 4. The summed E-state index contributed by atoms with van der Waals surface area (Å²) in [6, 6.07) is 4.06. The molecule has 0 unspecified atom stereocenters. The largest absolute Gasteiger partial charge is 0.493 e. The summed E-state index contributed by atoms with van der Waals surface area (Å²) in [6.07, 6.45) is 7.45. The first-order valence-corrected chi connectivity index (χ1v) is 8.61. The normalized spacial score (nSPS) is 11.4. The van der Waals surface area contributed by atoms with E-state index in [4.69, 9.17) is 18.9 Å². The lowest BCUT2D eigenvalue weighted by atomic mass is 10.0. The van der Waals surface area contributed by atoms with Crippen LogP contribution in [0.4, 0.5) is 0 Å². The fraction of sp³-hybridized carbons (Fsp3) is 0.524. The van der Waals surface area contributed by atoms with Gasteiger partial charge in [-0.05, 0) is 57.7 Å². The minimum absolute atomic E-state index is 0.191. The Morgan fingerprint density at radius 1 is 1.00 bits per heavy atom. The summed E-state index contributed by atoms with van der Waals surface area (Å²) in [5, 5.41) is 0. The SMILES string of the molecule is COCOc1c(C/C=C(\C)CCC=C(C)C)cc(COC)cc1OC. The first-order valence-electron chi connectivity index (χ1n) is 8.61. The van der Waals surface area contributed by atoms with E-state index in [1.54, 1.807) is 21.3 Å². The Balaban J connectivity index is 3.00. The third-order valence-electron chi connectivity index (χ3n) is 3.81. The van der Waals surface area contributed by atoms with Gasteiger partial charge in [0.05, 0.1) is 13.7 Å². The van der Waals surface area contributed by atoms with Crippen molar-refractivity contribution in [2.75, 3.05) is 28.1 Å². The lowest BCUT2D eigenvalue weighted by Gasteiger charge is -2.16. The summed E-state index contributed by atoms with van der Waals surface area (Å²) in [4.78, 5) is 0. The number of hydrogen-bond acceptors (Lipinski definition) is 4. The molecule has 0 aliphatic heterocycles. The molecule has 0 heterocycles. The number of benzene rings is 1. The third kappa shape index (κ3) is 7.76. The fourth-order valence-corrected chi connectivity index (χ4v) is 2.53. The molecule has 4 nitrogen and oxygen atoms in total. The molecule has 0 fully saturated rings. The second kappa shape index (κ2) is 11.7. The van der Waals surface area contributed by atoms with Crippen LogP contribution in [0.25, 0.3) is 0 Å². The summed E-state index contributed by atoms with van der Waals surface area (Å²) >= 11 is 0. The molecule has 0 saturated carbocycles. The van der Waals surface area contributed by atoms with Gasteiger partial charge in [-0.25, -0.2) is 0 Å². The molecule has 0 N–H and O–H groups in total. The highest BCUT2D eigenvalue weighted by Gasteiger charge is 2.13. The Labute approximate surface area is 152 Å². The molecular weight excluding hydrogens is 316 g/mol. The minimum atomic E-state index is 0.191. The first-order chi connectivity index (χ1) is 12.0. The molecule has 1 aromatic carbocycles. The second-order valence-electron chi connectivity index (χ2n) is 6.34. The van der Waals surface area contributed by atoms with Crippen LogP contribution in [0, 0.1) is 0 Å². The van der Waals surface area contributed by atoms with Gasteiger partial charge in [0.25, 0.3) is 0 Å². The highest BCUT2D eigenvalue weighted by molar-refractivity contribution is 5.50. The number of rotatable bonds is 11. The zero-order chi connectivity index (χ0) is 18.7. The van der Waals surface area contributed by atoms with E-state index in [9.17, 15) is 0 Å². The maximum absolute atomic E-state index is 5.76. The van der Waals surface area contributed by atoms with Gasteiger partial charge in [-0.1, -0.05) is 23.3 Å². The fourth-order valence-electron chi connectivity index (χ4n) is 2.53. The lowest BCUT2D eigenvalue weighted by Crippen LogP contribution is -2.05. The maximum atomic E-state index is 5.76. The molecular formula is C21H32O4. The Kier molecular flexibility index (Phi) is 9.97. The summed E-state index contributed by atoms with van der Waals surface area (Å²) in [7, 11) is 4.95. The molecule has 0 bridgehead atoms. The van der Waals surface area contributed by atoms with Crippen molar-refractivity contribution in [3.05, 3.63) is 46.6 Å². The van der Waals surface area contributed by atoms with Crippen LogP contribution in [0.2, 0.25) is 0 Å². The van der Waals surface area contributed by atoms with Gasteiger partial charge in [-0.15, -0.1) is 0 Å². The number of allylic oxidation sites excluding steroid dienone is 4. The van der Waals surface area contributed by atoms with Crippen LogP contribution in [0.15, 0.2) is 35.4 Å². The van der Waals surface area contributed by atoms with Crippen LogP contribution in [0.3, 0.4) is 0 Å². The van der Waals surface area contributed by atoms with Crippen molar-refractivity contribution in [3.63, 3.8) is 0 Å². The summed E-state index contributed by atoms with van der Waals surface area (Å²) in [6.45, 7) is 7.16. The van der Waals surface area contributed by atoms with Crippen molar-refractivity contribution in [3.8, 4) is 11.5 Å². The van der Waals surface area contributed by atoms with Gasteiger partial charge in [0.1, 0.15) is 0 Å². The van der Waals surface area contributed by atoms with Crippen molar-refractivity contribution in [1.82, 2.24) is 0 Å². The van der Waals surface area contributed by atoms with E-state index in [0.717, 1.165) is 36.1 Å². The zero-order valence-electron chi connectivity index (χ0n) is 16.5. The molecule has 4 heteroatoms. The van der Waals surface area contributed by atoms with Gasteiger partial charge < -0.3 is 18.9 Å². The summed E-state index contributed by atoms with van der Waals surface area (Å²) in [5.74, 6) is 1.44. The third-order valence-corrected chi connectivity index (χ3v) is 3.81. The van der Waals surface area contributed by atoms with Crippen molar-refractivity contribution in [2.45, 2.75) is 46.6 Å². The first kappa shape index (κ1) is 21.3. The van der Waals surface area contributed by atoms with E-state index in [1.807, 2.05) is 6.07 Å². The molecule has 0 atom stereocenters. The molecule has 0 aliphatic rings. The van der Waals surface area contributed by atoms with E-state index in [1.165, 1.54) is 11.1 Å². The Hall–Kier alpha value is -1.78. The van der Waals surface area contributed by atoms with Crippen molar-refractivity contribution in [1.29, 1.82) is 0 Å². The van der Waals surface area contributed by atoms with Crippen molar-refractivity contribution < 1.29 is 18.9 Å². The monoisotopic (exact) mass is 348 g/mol. The number of hydrogen-bond donors (Lipinski definition) is 0. The van der Waals surface area contributed by atoms with Crippen LogP contribution in [-0.2, 0) is 22.5 Å². The zero-order valence-corrected chi connectivity index (χ0v) is 16.5. The molecule has 140 valence electrons. The maximum Gasteiger partial charge on any atom is 0.188 e. The van der Waals surface area contributed by atoms with Crippen LogP contribution in [-0.4, -0.2) is 28.1 Å². The van der Waals surface area contributed by atoms with E-state index in [-0.39, 0.29) is 6.79 Å². The van der Waals surface area contributed by atoms with Crippen molar-refractivity contribution in [2.24, 2.45) is 0 Å². The average Bonchev–Trinajstić information content (AvgIpc) is 2.58. The molecule has 0 radical (unpaired) electrons. The topological polar surface area (TPSA) is 36.9 Å². The van der Waals surface area contributed by atoms with Crippen LogP contribution < -0.4 is 9.47 Å². The molecule has 1 rings (SSSR count). The van der Waals surface area contributed by atoms with Crippen LogP contribution >= 0.6 is 0 Å². The predicted octanol–water partition coefficient (Wildman–Crippen LogP) is 5.06. The van der Waals surface area contributed by atoms with Crippen LogP contribution in [0.5, 0.6) is 11.5 Å². The van der Waals surface area contributed by atoms with E-state index >= 15 is 0 Å². The van der Waals surface area contributed by atoms with Crippen LogP contribution in [0.1, 0.15) is 44.7 Å². The Morgan fingerprint density at radius 2 is 1.76 bits per heavy atom. The molecule has 25 heavy (non-hydrogen) atoms. The summed E-state index contributed by atoms with van der Waals surface area (Å²) in [5.41, 5.74) is 4.87. The molecule has 1 aromatic rings. The molecule has 0 aromatic heterocycles. The Morgan fingerprint density at radius 3 is 2.36 bits per heavy atom. The van der Waals surface area contributed by atoms with E-state index in [2.05, 4.69) is 39.0 Å². The van der Waals surface area contributed by atoms with Gasteiger partial charge in [0.15, 0.2) is 18.3 Å². The standard InChI is InChI=1S/C21H32O4/c1-16(2)8-7-9-17(3)10-11-19-12-18(14-22-4)13-20(24-6)21(19)25-15-23-5/h8,10,12-13H,7,9,11,14-15H2,1-6H3/b17-10+. The molecule has 0 amide bonds. The second-order valence-corrected chi connectivity index (χ2v) is 6.34. The molecule has 0 saturated heterocycles. The highest BCUT2D eigenvalue weighted by atomic mass is 16.7. The minimum Gasteiger partial charge on any atom is -0.493 e. The van der Waals surface area contributed by atoms with Gasteiger partial charge >= 0.3 is 0 Å². The smallest absolute Gasteiger partial charge is 0.188 e. The van der Waals surface area contributed by atoms with Gasteiger partial charge in [-0.3, -0.25) is 0 Å². The molecule has 0 aliphatic carbocycles. The molecule has 0 spiro atoms. The summed E-state index contributed by atoms with van der Waals surface area (Å²) < 4.78 is 21.6. The average molecular weight is 348 g/mol.